The Labute approximate surface area is 230 Å². The molecule has 6 atom stereocenters. The van der Waals surface area contributed by atoms with Gasteiger partial charge in [-0.15, -0.1) is 0 Å². The van der Waals surface area contributed by atoms with Crippen molar-refractivity contribution in [1.82, 2.24) is 14.6 Å². The molecule has 14 nitrogen and oxygen atoms in total. The van der Waals surface area contributed by atoms with Crippen molar-refractivity contribution in [2.24, 2.45) is 5.41 Å². The summed E-state index contributed by atoms with van der Waals surface area (Å²) >= 11 is 0. The van der Waals surface area contributed by atoms with Crippen molar-refractivity contribution in [2.75, 3.05) is 11.9 Å². The molecule has 3 unspecified atom stereocenters. The Hall–Kier alpha value is -3.60. The molecule has 0 aliphatic carbocycles. The third kappa shape index (κ3) is 7.32. The molecule has 1 aromatic heterocycles. The fourth-order valence-corrected chi connectivity index (χ4v) is 5.37. The Morgan fingerprint density at radius 2 is 1.95 bits per heavy atom. The zero-order chi connectivity index (χ0) is 29.7. The first-order chi connectivity index (χ1) is 18.8. The number of hydrogen-bond acceptors (Lipinski definition) is 11. The summed E-state index contributed by atoms with van der Waals surface area (Å²) in [5, 5.41) is 25.8. The van der Waals surface area contributed by atoms with Gasteiger partial charge < -0.3 is 24.4 Å². The smallest absolute Gasteiger partial charge is 0.459 e. The lowest BCUT2D eigenvalue weighted by Crippen LogP contribution is -2.40. The number of ether oxygens (including phenoxy) is 2. The molecule has 3 N–H and O–H groups in total. The van der Waals surface area contributed by atoms with Crippen LogP contribution in [0.3, 0.4) is 0 Å². The maximum Gasteiger partial charge on any atom is 0.459 e. The third-order valence-corrected chi connectivity index (χ3v) is 7.49. The van der Waals surface area contributed by atoms with Gasteiger partial charge >= 0.3 is 19.4 Å². The highest BCUT2D eigenvalue weighted by Crippen LogP contribution is 2.48. The zero-order valence-corrected chi connectivity index (χ0v) is 23.5. The minimum Gasteiger partial charge on any atom is -0.462 e. The van der Waals surface area contributed by atoms with E-state index in [0.717, 1.165) is 4.57 Å². The van der Waals surface area contributed by atoms with Gasteiger partial charge in [-0.2, -0.15) is 15.3 Å². The number of amides is 1. The maximum absolute atomic E-state index is 13.7. The van der Waals surface area contributed by atoms with Crippen molar-refractivity contribution < 1.29 is 37.8 Å². The molecule has 1 aliphatic heterocycles. The lowest BCUT2D eigenvalue weighted by Gasteiger charge is -2.26. The van der Waals surface area contributed by atoms with Gasteiger partial charge in [-0.1, -0.05) is 18.2 Å². The number of para-hydroxylation sites is 1. The number of benzene rings is 1. The van der Waals surface area contributed by atoms with E-state index in [1.54, 1.807) is 32.0 Å². The van der Waals surface area contributed by atoms with E-state index in [9.17, 15) is 29.3 Å². The highest BCUT2D eigenvalue weighted by molar-refractivity contribution is 7.52. The standard InChI is InChI=1S/C25H32N5O9P/c1-15(2)37-22(33)16(3)29-40(35,39-18-9-7-6-8-10-18)36-13-19-21(32)25(5,14-26)23(38-19)30-12-11-20(27-17(4)31)28-24(30)34/h6-12,15-16,19,21,23,32H,13H2,1-5H3,(H,29,35)(H,27,28,31,34)/t16-,19?,21+,23?,25+,40?/m0/s1. The van der Waals surface area contributed by atoms with Crippen molar-refractivity contribution in [2.45, 2.75) is 65.2 Å². The van der Waals surface area contributed by atoms with Gasteiger partial charge in [-0.25, -0.2) is 9.36 Å². The van der Waals surface area contributed by atoms with Crippen molar-refractivity contribution in [3.63, 3.8) is 0 Å². The van der Waals surface area contributed by atoms with Gasteiger partial charge in [0.2, 0.25) is 5.91 Å². The summed E-state index contributed by atoms with van der Waals surface area (Å²) in [7, 11) is -4.29. The number of aromatic nitrogens is 2. The SMILES string of the molecule is CC(=O)Nc1ccn(C2OC(COP(=O)(N[C@@H](C)C(=O)OC(C)C)Oc3ccccc3)[C@@H](O)[C@@]2(C)C#N)c(=O)n1. The fourth-order valence-electron chi connectivity index (χ4n) is 3.87. The quantitative estimate of drug-likeness (QED) is 0.261. The van der Waals surface area contributed by atoms with Gasteiger partial charge in [0, 0.05) is 13.1 Å². The van der Waals surface area contributed by atoms with E-state index in [0.29, 0.717) is 0 Å². The van der Waals surface area contributed by atoms with Crippen molar-refractivity contribution in [1.29, 1.82) is 5.26 Å². The number of carbonyl (C=O) groups is 2. The van der Waals surface area contributed by atoms with Crippen LogP contribution in [0.2, 0.25) is 0 Å². The monoisotopic (exact) mass is 577 g/mol. The number of carbonyl (C=O) groups excluding carboxylic acids is 2. The molecule has 15 heteroatoms. The van der Waals surface area contributed by atoms with Crippen LogP contribution in [0.15, 0.2) is 47.4 Å². The van der Waals surface area contributed by atoms with Gasteiger partial charge in [0.25, 0.3) is 0 Å². The lowest BCUT2D eigenvalue weighted by atomic mass is 9.84. The summed E-state index contributed by atoms with van der Waals surface area (Å²) in [6.07, 6.45) is -3.21. The molecule has 1 amide bonds. The van der Waals surface area contributed by atoms with E-state index < -0.39 is 67.9 Å². The minimum absolute atomic E-state index is 0.000950. The van der Waals surface area contributed by atoms with Crippen LogP contribution in [-0.4, -0.2) is 57.5 Å². The molecule has 0 radical (unpaired) electrons. The molecule has 1 aromatic carbocycles. The number of hydrogen-bond donors (Lipinski definition) is 3. The number of nitrogens with zero attached hydrogens (tertiary/aromatic N) is 3. The van der Waals surface area contributed by atoms with E-state index in [-0.39, 0.29) is 11.6 Å². The number of anilines is 1. The van der Waals surface area contributed by atoms with Gasteiger partial charge in [-0.3, -0.25) is 18.7 Å². The van der Waals surface area contributed by atoms with E-state index in [4.69, 9.17) is 18.5 Å². The lowest BCUT2D eigenvalue weighted by molar-refractivity contribution is -0.149. The third-order valence-electron chi connectivity index (χ3n) is 5.85. The Morgan fingerprint density at radius 3 is 2.52 bits per heavy atom. The molecule has 0 spiro atoms. The van der Waals surface area contributed by atoms with E-state index in [1.807, 2.05) is 6.07 Å². The topological polar surface area (TPSA) is 191 Å². The van der Waals surface area contributed by atoms with Gasteiger partial charge in [-0.05, 0) is 45.9 Å². The van der Waals surface area contributed by atoms with Gasteiger partial charge in [0.15, 0.2) is 6.23 Å². The van der Waals surface area contributed by atoms with Crippen LogP contribution in [0.5, 0.6) is 5.75 Å². The van der Waals surface area contributed by atoms with Crippen LogP contribution in [0, 0.1) is 16.7 Å². The first kappa shape index (κ1) is 30.9. The molecule has 1 aliphatic rings. The van der Waals surface area contributed by atoms with Gasteiger partial charge in [0.1, 0.15) is 35.2 Å². The first-order valence-corrected chi connectivity index (χ1v) is 13.9. The molecule has 3 rings (SSSR count). The average Bonchev–Trinajstić information content (AvgIpc) is 3.13. The second-order valence-corrected chi connectivity index (χ2v) is 11.3. The molecule has 1 saturated heterocycles. The number of nitrogens with one attached hydrogen (secondary N) is 2. The van der Waals surface area contributed by atoms with Crippen molar-refractivity contribution >= 4 is 25.4 Å². The summed E-state index contributed by atoms with van der Waals surface area (Å²) < 4.78 is 36.9. The van der Waals surface area contributed by atoms with Crippen LogP contribution < -0.4 is 20.6 Å². The summed E-state index contributed by atoms with van der Waals surface area (Å²) in [6.45, 7) is 6.84. The molecule has 0 saturated carbocycles. The van der Waals surface area contributed by atoms with Crippen LogP contribution in [0.1, 0.15) is 40.8 Å². The molecular weight excluding hydrogens is 545 g/mol. The summed E-state index contributed by atoms with van der Waals surface area (Å²) in [4.78, 5) is 40.1. The number of aliphatic hydroxyl groups excluding tert-OH is 1. The van der Waals surface area contributed by atoms with Crippen molar-refractivity contribution in [3.8, 4) is 11.8 Å². The molecular formula is C25H32N5O9P. The Balaban J connectivity index is 1.83. The molecule has 2 heterocycles. The summed E-state index contributed by atoms with van der Waals surface area (Å²) in [5.74, 6) is -0.952. The number of nitriles is 1. The van der Waals surface area contributed by atoms with E-state index >= 15 is 0 Å². The first-order valence-electron chi connectivity index (χ1n) is 12.4. The normalized spacial score (nSPS) is 24.5. The Bertz CT molecular complexity index is 1360. The largest absolute Gasteiger partial charge is 0.462 e. The van der Waals surface area contributed by atoms with E-state index in [1.165, 1.54) is 45.2 Å². The van der Waals surface area contributed by atoms with Crippen molar-refractivity contribution in [3.05, 3.63) is 53.1 Å². The second-order valence-electron chi connectivity index (χ2n) is 9.58. The maximum atomic E-state index is 13.7. The highest BCUT2D eigenvalue weighted by atomic mass is 31.2. The molecule has 2 aromatic rings. The van der Waals surface area contributed by atoms with Gasteiger partial charge in [0.05, 0.1) is 18.8 Å². The fraction of sp³-hybridized carbons (Fsp3) is 0.480. The summed E-state index contributed by atoms with van der Waals surface area (Å²) in [6, 6.07) is 10.3. The Morgan fingerprint density at radius 1 is 1.27 bits per heavy atom. The van der Waals surface area contributed by atoms with Crippen LogP contribution in [0.25, 0.3) is 0 Å². The van der Waals surface area contributed by atoms with E-state index in [2.05, 4.69) is 15.4 Å². The van der Waals surface area contributed by atoms with Crippen LogP contribution in [-0.2, 0) is 28.2 Å². The number of esters is 1. The molecule has 0 bridgehead atoms. The predicted octanol–water partition coefficient (Wildman–Crippen LogP) is 2.12. The highest BCUT2D eigenvalue weighted by Gasteiger charge is 2.55. The number of aliphatic hydroxyl groups is 1. The summed E-state index contributed by atoms with van der Waals surface area (Å²) in [5.41, 5.74) is -2.50. The predicted molar refractivity (Wildman–Crippen MR) is 141 cm³/mol. The zero-order valence-electron chi connectivity index (χ0n) is 22.6. The molecule has 40 heavy (non-hydrogen) atoms. The number of rotatable bonds is 11. The van der Waals surface area contributed by atoms with Crippen LogP contribution >= 0.6 is 7.75 Å². The molecule has 216 valence electrons. The Kier molecular flexibility index (Phi) is 9.83. The minimum atomic E-state index is -4.29. The molecule has 1 fully saturated rings. The average molecular weight is 578 g/mol. The second kappa shape index (κ2) is 12.7. The van der Waals surface area contributed by atoms with Crippen LogP contribution in [0.4, 0.5) is 5.82 Å².